The van der Waals surface area contributed by atoms with Crippen LogP contribution < -0.4 is 10.6 Å². The third-order valence-electron chi connectivity index (χ3n) is 3.19. The van der Waals surface area contributed by atoms with Crippen molar-refractivity contribution in [3.63, 3.8) is 0 Å². The molecule has 0 aliphatic carbocycles. The number of hydrogen-bond donors (Lipinski definition) is 2. The topological polar surface area (TPSA) is 58.2 Å². The second-order valence-electron chi connectivity index (χ2n) is 5.32. The molecule has 2 rings (SSSR count). The van der Waals surface area contributed by atoms with Crippen LogP contribution in [0, 0.1) is 5.82 Å². The summed E-state index contributed by atoms with van der Waals surface area (Å²) in [7, 11) is 0. The zero-order valence-corrected chi connectivity index (χ0v) is 13.5. The highest BCUT2D eigenvalue weighted by Gasteiger charge is 2.30. The molecule has 4 nitrogen and oxygen atoms in total. The first-order chi connectivity index (χ1) is 12.1. The maximum absolute atomic E-state index is 13.5. The van der Waals surface area contributed by atoms with Gasteiger partial charge in [0, 0.05) is 18.7 Å². The fraction of sp³-hybridized carbons (Fsp3) is 0.111. The minimum absolute atomic E-state index is 0.0999. The predicted octanol–water partition coefficient (Wildman–Crippen LogP) is 4.45. The lowest BCUT2D eigenvalue weighted by Gasteiger charge is -2.08. The van der Waals surface area contributed by atoms with Crippen molar-refractivity contribution >= 4 is 29.3 Å². The van der Waals surface area contributed by atoms with E-state index in [9.17, 15) is 27.2 Å². The minimum atomic E-state index is -4.47. The SMILES string of the molecule is CC(=O)Nc1cc(NC(=O)/C=C/c2cccc(C(F)(F)F)c2)ccc1F. The van der Waals surface area contributed by atoms with Crippen molar-refractivity contribution in [1.29, 1.82) is 0 Å². The lowest BCUT2D eigenvalue weighted by atomic mass is 10.1. The molecular weight excluding hydrogens is 352 g/mol. The molecule has 2 amide bonds. The van der Waals surface area contributed by atoms with Gasteiger partial charge < -0.3 is 10.6 Å². The van der Waals surface area contributed by atoms with Crippen molar-refractivity contribution in [3.05, 3.63) is 65.5 Å². The van der Waals surface area contributed by atoms with Crippen LogP contribution in [0.5, 0.6) is 0 Å². The molecule has 0 saturated heterocycles. The Labute approximate surface area is 146 Å². The number of carbonyl (C=O) groups excluding carboxylic acids is 2. The van der Waals surface area contributed by atoms with Crippen LogP contribution in [-0.4, -0.2) is 11.8 Å². The molecule has 0 atom stereocenters. The minimum Gasteiger partial charge on any atom is -0.324 e. The lowest BCUT2D eigenvalue weighted by molar-refractivity contribution is -0.137. The predicted molar refractivity (Wildman–Crippen MR) is 89.8 cm³/mol. The molecule has 0 fully saturated rings. The number of amides is 2. The van der Waals surface area contributed by atoms with Gasteiger partial charge in [0.1, 0.15) is 5.82 Å². The molecule has 136 valence electrons. The number of nitrogens with one attached hydrogen (secondary N) is 2. The van der Waals surface area contributed by atoms with Crippen LogP contribution in [0.15, 0.2) is 48.5 Å². The standard InChI is InChI=1S/C18H14F4N2O2/c1-11(25)23-16-10-14(6-7-15(16)19)24-17(26)8-5-12-3-2-4-13(9-12)18(20,21)22/h2-10H,1H3,(H,23,25)(H,24,26)/b8-5+. The summed E-state index contributed by atoms with van der Waals surface area (Å²) < 4.78 is 51.5. The van der Waals surface area contributed by atoms with Crippen LogP contribution in [0.2, 0.25) is 0 Å². The Bertz CT molecular complexity index is 861. The van der Waals surface area contributed by atoms with Crippen LogP contribution in [0.4, 0.5) is 28.9 Å². The normalized spacial score (nSPS) is 11.4. The second kappa shape index (κ2) is 7.81. The van der Waals surface area contributed by atoms with E-state index in [0.717, 1.165) is 24.3 Å². The van der Waals surface area contributed by atoms with Crippen LogP contribution in [0.25, 0.3) is 6.08 Å². The largest absolute Gasteiger partial charge is 0.416 e. The summed E-state index contributed by atoms with van der Waals surface area (Å²) in [6, 6.07) is 8.09. The van der Waals surface area contributed by atoms with E-state index in [1.807, 2.05) is 0 Å². The molecule has 2 aromatic rings. The molecular formula is C18H14F4N2O2. The summed E-state index contributed by atoms with van der Waals surface area (Å²) >= 11 is 0. The molecule has 0 aromatic heterocycles. The summed E-state index contributed by atoms with van der Waals surface area (Å²) in [4.78, 5) is 22.9. The Balaban J connectivity index is 2.09. The first-order valence-electron chi connectivity index (χ1n) is 7.38. The van der Waals surface area contributed by atoms with Crippen LogP contribution >= 0.6 is 0 Å². The smallest absolute Gasteiger partial charge is 0.324 e. The summed E-state index contributed by atoms with van der Waals surface area (Å²) in [6.07, 6.45) is -2.19. The van der Waals surface area contributed by atoms with E-state index in [4.69, 9.17) is 0 Å². The fourth-order valence-electron chi connectivity index (χ4n) is 2.06. The summed E-state index contributed by atoms with van der Waals surface area (Å²) in [5.74, 6) is -1.77. The molecule has 0 spiro atoms. The Morgan fingerprint density at radius 3 is 2.42 bits per heavy atom. The number of anilines is 2. The van der Waals surface area contributed by atoms with Gasteiger partial charge in [0.15, 0.2) is 0 Å². The zero-order valence-electron chi connectivity index (χ0n) is 13.5. The average Bonchev–Trinajstić information content (AvgIpc) is 2.55. The summed E-state index contributed by atoms with van der Waals surface area (Å²) in [6.45, 7) is 1.21. The molecule has 0 saturated carbocycles. The van der Waals surface area contributed by atoms with Gasteiger partial charge >= 0.3 is 6.18 Å². The van der Waals surface area contributed by atoms with Crippen LogP contribution in [0.3, 0.4) is 0 Å². The Hall–Kier alpha value is -3.16. The Kier molecular flexibility index (Phi) is 5.76. The first kappa shape index (κ1) is 19.2. The molecule has 0 unspecified atom stereocenters. The van der Waals surface area contributed by atoms with E-state index in [0.29, 0.717) is 0 Å². The molecule has 0 radical (unpaired) electrons. The van der Waals surface area contributed by atoms with Gasteiger partial charge in [-0.25, -0.2) is 4.39 Å². The van der Waals surface area contributed by atoms with Crippen molar-refractivity contribution in [2.24, 2.45) is 0 Å². The number of benzene rings is 2. The van der Waals surface area contributed by atoms with E-state index < -0.39 is 29.4 Å². The van der Waals surface area contributed by atoms with Crippen molar-refractivity contribution < 1.29 is 27.2 Å². The molecule has 26 heavy (non-hydrogen) atoms. The van der Waals surface area contributed by atoms with Gasteiger partial charge in [0.2, 0.25) is 11.8 Å². The van der Waals surface area contributed by atoms with Crippen LogP contribution in [0.1, 0.15) is 18.1 Å². The second-order valence-corrected chi connectivity index (χ2v) is 5.32. The van der Waals surface area contributed by atoms with E-state index in [2.05, 4.69) is 10.6 Å². The molecule has 0 aliphatic rings. The van der Waals surface area contributed by atoms with E-state index in [1.54, 1.807) is 0 Å². The number of carbonyl (C=O) groups is 2. The lowest BCUT2D eigenvalue weighted by Crippen LogP contribution is -2.11. The van der Waals surface area contributed by atoms with Crippen molar-refractivity contribution in [3.8, 4) is 0 Å². The molecule has 0 bridgehead atoms. The maximum Gasteiger partial charge on any atom is 0.416 e. The highest BCUT2D eigenvalue weighted by Crippen LogP contribution is 2.29. The van der Waals surface area contributed by atoms with Gasteiger partial charge in [-0.05, 0) is 42.0 Å². The quantitative estimate of drug-likeness (QED) is 0.620. The third-order valence-corrected chi connectivity index (χ3v) is 3.19. The van der Waals surface area contributed by atoms with Crippen molar-refractivity contribution in [1.82, 2.24) is 0 Å². The van der Waals surface area contributed by atoms with Gasteiger partial charge in [-0.3, -0.25) is 9.59 Å². The van der Waals surface area contributed by atoms with Gasteiger partial charge in [-0.15, -0.1) is 0 Å². The fourth-order valence-corrected chi connectivity index (χ4v) is 2.06. The number of halogens is 4. The highest BCUT2D eigenvalue weighted by atomic mass is 19.4. The molecule has 2 aromatic carbocycles. The van der Waals surface area contributed by atoms with Gasteiger partial charge in [-0.1, -0.05) is 12.1 Å². The summed E-state index contributed by atoms with van der Waals surface area (Å²) in [5, 5.41) is 4.71. The van der Waals surface area contributed by atoms with E-state index in [-0.39, 0.29) is 16.9 Å². The number of rotatable bonds is 4. The molecule has 2 N–H and O–H groups in total. The van der Waals surface area contributed by atoms with Gasteiger partial charge in [-0.2, -0.15) is 13.2 Å². The highest BCUT2D eigenvalue weighted by molar-refractivity contribution is 6.02. The maximum atomic E-state index is 13.5. The van der Waals surface area contributed by atoms with Crippen molar-refractivity contribution in [2.75, 3.05) is 10.6 Å². The van der Waals surface area contributed by atoms with Crippen molar-refractivity contribution in [2.45, 2.75) is 13.1 Å². The molecule has 8 heteroatoms. The van der Waals surface area contributed by atoms with E-state index >= 15 is 0 Å². The molecule has 0 aliphatic heterocycles. The Morgan fingerprint density at radius 2 is 1.77 bits per heavy atom. The first-order valence-corrected chi connectivity index (χ1v) is 7.38. The van der Waals surface area contributed by atoms with Crippen LogP contribution in [-0.2, 0) is 15.8 Å². The number of hydrogen-bond acceptors (Lipinski definition) is 2. The summed E-state index contributed by atoms with van der Waals surface area (Å²) in [5.41, 5.74) is -0.502. The van der Waals surface area contributed by atoms with E-state index in [1.165, 1.54) is 37.3 Å². The zero-order chi connectivity index (χ0) is 19.3. The third kappa shape index (κ3) is 5.44. The number of alkyl halides is 3. The van der Waals surface area contributed by atoms with Gasteiger partial charge in [0.05, 0.1) is 11.3 Å². The average molecular weight is 366 g/mol. The Morgan fingerprint density at radius 1 is 1.04 bits per heavy atom. The molecule has 0 heterocycles. The monoisotopic (exact) mass is 366 g/mol. The van der Waals surface area contributed by atoms with Gasteiger partial charge in [0.25, 0.3) is 0 Å².